The highest BCUT2D eigenvalue weighted by molar-refractivity contribution is 5.96. The van der Waals surface area contributed by atoms with Crippen LogP contribution in [-0.4, -0.2) is 25.0 Å². The molecule has 1 N–H and O–H groups in total. The van der Waals surface area contributed by atoms with Crippen molar-refractivity contribution in [3.8, 4) is 0 Å². The van der Waals surface area contributed by atoms with E-state index >= 15 is 0 Å². The van der Waals surface area contributed by atoms with Gasteiger partial charge in [0.25, 0.3) is 0 Å². The smallest absolute Gasteiger partial charge is 0.227 e. The molecule has 2 atom stereocenters. The summed E-state index contributed by atoms with van der Waals surface area (Å²) in [5.41, 5.74) is 1.06. The standard InChI is InChI=1S/C13H16N2O/c16-13-8-10-9-14-7-6-12(10)15(13)11-4-2-1-3-5-11/h1-5,10,12,14H,6-9H2. The van der Waals surface area contributed by atoms with E-state index in [2.05, 4.69) is 5.32 Å². The summed E-state index contributed by atoms with van der Waals surface area (Å²) in [6.45, 7) is 2.01. The van der Waals surface area contributed by atoms with E-state index in [4.69, 9.17) is 0 Å². The van der Waals surface area contributed by atoms with Crippen LogP contribution in [0.1, 0.15) is 12.8 Å². The lowest BCUT2D eigenvalue weighted by Crippen LogP contribution is -2.44. The molecule has 0 spiro atoms. The second-order valence-corrected chi connectivity index (χ2v) is 4.62. The number of piperidine rings is 1. The van der Waals surface area contributed by atoms with Gasteiger partial charge in [-0.25, -0.2) is 0 Å². The molecule has 0 bridgehead atoms. The molecule has 3 rings (SSSR count). The van der Waals surface area contributed by atoms with Gasteiger partial charge in [-0.05, 0) is 25.1 Å². The molecule has 3 nitrogen and oxygen atoms in total. The number of hydrogen-bond donors (Lipinski definition) is 1. The predicted molar refractivity (Wildman–Crippen MR) is 63.3 cm³/mol. The van der Waals surface area contributed by atoms with E-state index in [1.165, 1.54) is 0 Å². The van der Waals surface area contributed by atoms with Crippen LogP contribution in [0.4, 0.5) is 5.69 Å². The summed E-state index contributed by atoms with van der Waals surface area (Å²) in [4.78, 5) is 14.0. The fourth-order valence-electron chi connectivity index (χ4n) is 2.89. The number of carbonyl (C=O) groups is 1. The van der Waals surface area contributed by atoms with Crippen LogP contribution in [0.15, 0.2) is 30.3 Å². The molecule has 2 heterocycles. The van der Waals surface area contributed by atoms with Gasteiger partial charge in [0.15, 0.2) is 0 Å². The Morgan fingerprint density at radius 1 is 1.25 bits per heavy atom. The molecule has 0 saturated carbocycles. The number of benzene rings is 1. The van der Waals surface area contributed by atoms with E-state index in [-0.39, 0.29) is 5.91 Å². The Kier molecular flexibility index (Phi) is 2.40. The Bertz CT molecular complexity index is 390. The summed E-state index contributed by atoms with van der Waals surface area (Å²) in [7, 11) is 0. The molecule has 2 aliphatic rings. The zero-order chi connectivity index (χ0) is 11.0. The Balaban J connectivity index is 1.91. The molecular weight excluding hydrogens is 200 g/mol. The van der Waals surface area contributed by atoms with E-state index in [1.807, 2.05) is 35.2 Å². The molecular formula is C13H16N2O. The molecule has 0 aromatic heterocycles. The minimum Gasteiger partial charge on any atom is -0.316 e. The number of rotatable bonds is 1. The molecule has 2 unspecified atom stereocenters. The van der Waals surface area contributed by atoms with Gasteiger partial charge in [-0.15, -0.1) is 0 Å². The van der Waals surface area contributed by atoms with E-state index in [0.29, 0.717) is 18.4 Å². The second-order valence-electron chi connectivity index (χ2n) is 4.62. The zero-order valence-electron chi connectivity index (χ0n) is 9.23. The molecule has 0 radical (unpaired) electrons. The first-order valence-electron chi connectivity index (χ1n) is 5.94. The van der Waals surface area contributed by atoms with Gasteiger partial charge in [0, 0.05) is 30.6 Å². The molecule has 84 valence electrons. The highest BCUT2D eigenvalue weighted by Crippen LogP contribution is 2.33. The fraction of sp³-hybridized carbons (Fsp3) is 0.462. The Hall–Kier alpha value is -1.35. The topological polar surface area (TPSA) is 32.3 Å². The van der Waals surface area contributed by atoms with Crippen LogP contribution in [-0.2, 0) is 4.79 Å². The summed E-state index contributed by atoms with van der Waals surface area (Å²) in [5.74, 6) is 0.784. The van der Waals surface area contributed by atoms with Crippen LogP contribution < -0.4 is 10.2 Å². The normalized spacial score (nSPS) is 29.2. The second kappa shape index (κ2) is 3.91. The summed E-state index contributed by atoms with van der Waals surface area (Å²) < 4.78 is 0. The maximum atomic E-state index is 12.0. The van der Waals surface area contributed by atoms with Gasteiger partial charge in [0.1, 0.15) is 0 Å². The van der Waals surface area contributed by atoms with Crippen molar-refractivity contribution in [3.05, 3.63) is 30.3 Å². The van der Waals surface area contributed by atoms with Gasteiger partial charge in [-0.2, -0.15) is 0 Å². The molecule has 0 aliphatic carbocycles. The molecule has 2 fully saturated rings. The lowest BCUT2D eigenvalue weighted by molar-refractivity contribution is -0.117. The van der Waals surface area contributed by atoms with Crippen molar-refractivity contribution in [2.75, 3.05) is 18.0 Å². The molecule has 2 saturated heterocycles. The number of anilines is 1. The van der Waals surface area contributed by atoms with E-state index in [9.17, 15) is 4.79 Å². The number of carbonyl (C=O) groups excluding carboxylic acids is 1. The first-order chi connectivity index (χ1) is 7.86. The third-order valence-corrected chi connectivity index (χ3v) is 3.64. The number of nitrogens with zero attached hydrogens (tertiary/aromatic N) is 1. The van der Waals surface area contributed by atoms with Gasteiger partial charge in [0.2, 0.25) is 5.91 Å². The highest BCUT2D eigenvalue weighted by Gasteiger charge is 2.41. The molecule has 1 aromatic rings. The lowest BCUT2D eigenvalue weighted by atomic mass is 9.94. The highest BCUT2D eigenvalue weighted by atomic mass is 16.2. The zero-order valence-corrected chi connectivity index (χ0v) is 9.23. The van der Waals surface area contributed by atoms with Crippen molar-refractivity contribution >= 4 is 11.6 Å². The van der Waals surface area contributed by atoms with Crippen LogP contribution in [0.25, 0.3) is 0 Å². The van der Waals surface area contributed by atoms with Crippen molar-refractivity contribution in [1.82, 2.24) is 5.32 Å². The van der Waals surface area contributed by atoms with Gasteiger partial charge >= 0.3 is 0 Å². The molecule has 1 amide bonds. The van der Waals surface area contributed by atoms with Crippen molar-refractivity contribution in [3.63, 3.8) is 0 Å². The number of hydrogen-bond acceptors (Lipinski definition) is 2. The van der Waals surface area contributed by atoms with Crippen molar-refractivity contribution in [2.24, 2.45) is 5.92 Å². The van der Waals surface area contributed by atoms with Gasteiger partial charge in [-0.3, -0.25) is 4.79 Å². The van der Waals surface area contributed by atoms with Crippen LogP contribution in [0.5, 0.6) is 0 Å². The quantitative estimate of drug-likeness (QED) is 0.769. The largest absolute Gasteiger partial charge is 0.316 e. The Morgan fingerprint density at radius 3 is 2.88 bits per heavy atom. The third-order valence-electron chi connectivity index (χ3n) is 3.64. The van der Waals surface area contributed by atoms with Crippen LogP contribution in [0.3, 0.4) is 0 Å². The monoisotopic (exact) mass is 216 g/mol. The van der Waals surface area contributed by atoms with Crippen LogP contribution in [0, 0.1) is 5.92 Å². The lowest BCUT2D eigenvalue weighted by Gasteiger charge is -2.32. The summed E-state index contributed by atoms with van der Waals surface area (Å²) in [5, 5.41) is 3.37. The first-order valence-corrected chi connectivity index (χ1v) is 5.94. The predicted octanol–water partition coefficient (Wildman–Crippen LogP) is 1.40. The van der Waals surface area contributed by atoms with Crippen molar-refractivity contribution in [2.45, 2.75) is 18.9 Å². The molecule has 3 heteroatoms. The minimum atomic E-state index is 0.282. The van der Waals surface area contributed by atoms with Gasteiger partial charge in [-0.1, -0.05) is 18.2 Å². The number of amides is 1. The SMILES string of the molecule is O=C1CC2CNCCC2N1c1ccccc1. The average Bonchev–Trinajstić information content (AvgIpc) is 2.66. The van der Waals surface area contributed by atoms with Crippen molar-refractivity contribution in [1.29, 1.82) is 0 Å². The molecule has 1 aromatic carbocycles. The fourth-order valence-corrected chi connectivity index (χ4v) is 2.89. The van der Waals surface area contributed by atoms with E-state index in [0.717, 1.165) is 25.2 Å². The van der Waals surface area contributed by atoms with Gasteiger partial charge < -0.3 is 10.2 Å². The minimum absolute atomic E-state index is 0.282. The van der Waals surface area contributed by atoms with Gasteiger partial charge in [0.05, 0.1) is 0 Å². The summed E-state index contributed by atoms with van der Waals surface area (Å²) in [6, 6.07) is 10.5. The maximum absolute atomic E-state index is 12.0. The third kappa shape index (κ3) is 1.52. The molecule has 2 aliphatic heterocycles. The van der Waals surface area contributed by atoms with Crippen molar-refractivity contribution < 1.29 is 4.79 Å². The van der Waals surface area contributed by atoms with E-state index in [1.54, 1.807) is 0 Å². The number of nitrogens with one attached hydrogen (secondary N) is 1. The van der Waals surface area contributed by atoms with Crippen LogP contribution in [0.2, 0.25) is 0 Å². The average molecular weight is 216 g/mol. The molecule has 16 heavy (non-hydrogen) atoms. The Labute approximate surface area is 95.4 Å². The number of fused-ring (bicyclic) bond motifs is 1. The number of para-hydroxylation sites is 1. The van der Waals surface area contributed by atoms with E-state index < -0.39 is 0 Å². The maximum Gasteiger partial charge on any atom is 0.227 e. The van der Waals surface area contributed by atoms with Crippen LogP contribution >= 0.6 is 0 Å². The first kappa shape index (κ1) is 9.85. The summed E-state index contributed by atoms with van der Waals surface area (Å²) in [6.07, 6.45) is 1.78. The Morgan fingerprint density at radius 2 is 2.06 bits per heavy atom. The summed E-state index contributed by atoms with van der Waals surface area (Å²) >= 11 is 0.